The maximum absolute atomic E-state index is 12.8. The zero-order chi connectivity index (χ0) is 21.3. The Bertz CT molecular complexity index is 1020. The molecule has 0 spiro atoms. The van der Waals surface area contributed by atoms with Gasteiger partial charge in [0.1, 0.15) is 0 Å². The number of hydrogen-bond donors (Lipinski definition) is 0. The van der Waals surface area contributed by atoms with Crippen LogP contribution in [0.2, 0.25) is 10.0 Å². The average molecular weight is 462 g/mol. The van der Waals surface area contributed by atoms with Gasteiger partial charge in [0.15, 0.2) is 0 Å². The van der Waals surface area contributed by atoms with Gasteiger partial charge in [-0.25, -0.2) is 0 Å². The van der Waals surface area contributed by atoms with Crippen LogP contribution in [0.4, 0.5) is 10.5 Å². The third-order valence-electron chi connectivity index (χ3n) is 5.30. The van der Waals surface area contributed by atoms with Gasteiger partial charge in [-0.05, 0) is 54.1 Å². The largest absolute Gasteiger partial charge is 0.369 e. The fourth-order valence-corrected chi connectivity index (χ4v) is 4.67. The van der Waals surface area contributed by atoms with Crippen molar-refractivity contribution in [2.75, 3.05) is 37.7 Å². The van der Waals surface area contributed by atoms with Crippen molar-refractivity contribution in [3.63, 3.8) is 0 Å². The SMILES string of the molecule is Cc1ccc(N2CCN(CN3C(=O)S/C(=C/c4ccccc4Cl)C3=O)CC2)cc1Cl. The van der Waals surface area contributed by atoms with Crippen LogP contribution in [0, 0.1) is 6.92 Å². The summed E-state index contributed by atoms with van der Waals surface area (Å²) in [6.07, 6.45) is 1.69. The maximum Gasteiger partial charge on any atom is 0.294 e. The zero-order valence-corrected chi connectivity index (χ0v) is 18.8. The summed E-state index contributed by atoms with van der Waals surface area (Å²) in [5, 5.41) is 1.07. The molecule has 0 atom stereocenters. The monoisotopic (exact) mass is 461 g/mol. The van der Waals surface area contributed by atoms with Crippen LogP contribution in [0.3, 0.4) is 0 Å². The van der Waals surface area contributed by atoms with Crippen LogP contribution in [0.1, 0.15) is 11.1 Å². The van der Waals surface area contributed by atoms with Crippen LogP contribution in [-0.2, 0) is 4.79 Å². The molecule has 0 aliphatic carbocycles. The van der Waals surface area contributed by atoms with E-state index in [0.29, 0.717) is 16.6 Å². The predicted molar refractivity (Wildman–Crippen MR) is 124 cm³/mol. The number of imide groups is 1. The summed E-state index contributed by atoms with van der Waals surface area (Å²) in [7, 11) is 0. The van der Waals surface area contributed by atoms with Crippen LogP contribution in [0.5, 0.6) is 0 Å². The van der Waals surface area contributed by atoms with E-state index < -0.39 is 0 Å². The summed E-state index contributed by atoms with van der Waals surface area (Å²) in [5.74, 6) is -0.266. The number of piperazine rings is 1. The Morgan fingerprint density at radius 1 is 1.00 bits per heavy atom. The van der Waals surface area contributed by atoms with E-state index in [-0.39, 0.29) is 11.1 Å². The van der Waals surface area contributed by atoms with Gasteiger partial charge in [0, 0.05) is 41.9 Å². The molecule has 0 unspecified atom stereocenters. The lowest BCUT2D eigenvalue weighted by molar-refractivity contribution is -0.124. The van der Waals surface area contributed by atoms with Crippen LogP contribution >= 0.6 is 35.0 Å². The number of thioether (sulfide) groups is 1. The van der Waals surface area contributed by atoms with E-state index in [4.69, 9.17) is 23.2 Å². The second-order valence-electron chi connectivity index (χ2n) is 7.31. The molecule has 156 valence electrons. The molecule has 2 aliphatic heterocycles. The molecule has 2 saturated heterocycles. The van der Waals surface area contributed by atoms with Crippen molar-refractivity contribution in [1.29, 1.82) is 0 Å². The molecule has 2 amide bonds. The van der Waals surface area contributed by atoms with Gasteiger partial charge in [-0.1, -0.05) is 47.5 Å². The van der Waals surface area contributed by atoms with Gasteiger partial charge < -0.3 is 4.90 Å². The molecule has 0 saturated carbocycles. The summed E-state index contributed by atoms with van der Waals surface area (Å²) < 4.78 is 0. The topological polar surface area (TPSA) is 43.9 Å². The van der Waals surface area contributed by atoms with Gasteiger partial charge in [0.2, 0.25) is 0 Å². The van der Waals surface area contributed by atoms with E-state index >= 15 is 0 Å². The van der Waals surface area contributed by atoms with Crippen LogP contribution in [-0.4, -0.2) is 53.8 Å². The summed E-state index contributed by atoms with van der Waals surface area (Å²) in [4.78, 5) is 31.3. The number of halogens is 2. The molecule has 2 aromatic carbocycles. The first-order chi connectivity index (χ1) is 14.4. The standard InChI is InChI=1S/C22H21Cl2N3O2S/c1-15-6-7-17(13-19(15)24)26-10-8-25(9-11-26)14-27-21(28)20(30-22(27)29)12-16-4-2-3-5-18(16)23/h2-7,12-13H,8-11,14H2,1H3/b20-12+. The Morgan fingerprint density at radius 3 is 2.43 bits per heavy atom. The van der Waals surface area contributed by atoms with E-state index in [1.165, 1.54) is 4.90 Å². The molecule has 2 aromatic rings. The molecule has 2 aliphatic rings. The highest BCUT2D eigenvalue weighted by atomic mass is 35.5. The number of carbonyl (C=O) groups excluding carboxylic acids is 2. The molecule has 8 heteroatoms. The Labute approximate surface area is 190 Å². The Balaban J connectivity index is 1.38. The Morgan fingerprint density at radius 2 is 1.73 bits per heavy atom. The van der Waals surface area contributed by atoms with Crippen LogP contribution in [0.15, 0.2) is 47.4 Å². The van der Waals surface area contributed by atoms with Gasteiger partial charge >= 0.3 is 0 Å². The predicted octanol–water partition coefficient (Wildman–Crippen LogP) is 5.12. The summed E-state index contributed by atoms with van der Waals surface area (Å²) >= 11 is 13.4. The second kappa shape index (κ2) is 9.02. The zero-order valence-electron chi connectivity index (χ0n) is 16.5. The van der Waals surface area contributed by atoms with Crippen molar-refractivity contribution in [2.24, 2.45) is 0 Å². The molecule has 0 radical (unpaired) electrons. The first-order valence-electron chi connectivity index (χ1n) is 9.66. The molecule has 0 aromatic heterocycles. The first kappa shape index (κ1) is 21.2. The molecule has 5 nitrogen and oxygen atoms in total. The van der Waals surface area contributed by atoms with Crippen molar-refractivity contribution in [3.8, 4) is 0 Å². The number of rotatable bonds is 4. The van der Waals surface area contributed by atoms with Crippen molar-refractivity contribution >= 4 is 57.9 Å². The fourth-order valence-electron chi connectivity index (χ4n) is 3.48. The molecule has 4 rings (SSSR count). The number of benzene rings is 2. The molecule has 0 bridgehead atoms. The van der Waals surface area contributed by atoms with Crippen molar-refractivity contribution in [3.05, 3.63) is 68.5 Å². The minimum absolute atomic E-state index is 0.244. The number of aryl methyl sites for hydroxylation is 1. The third-order valence-corrected chi connectivity index (χ3v) is 6.96. The smallest absolute Gasteiger partial charge is 0.294 e. The summed E-state index contributed by atoms with van der Waals surface area (Å²) in [6.45, 7) is 5.43. The molecule has 2 heterocycles. The van der Waals surface area contributed by atoms with Crippen LogP contribution in [0.25, 0.3) is 6.08 Å². The van der Waals surface area contributed by atoms with E-state index in [1.54, 1.807) is 12.1 Å². The van der Waals surface area contributed by atoms with Gasteiger partial charge in [-0.3, -0.25) is 19.4 Å². The normalized spacial score (nSPS) is 19.2. The summed E-state index contributed by atoms with van der Waals surface area (Å²) in [6, 6.07) is 13.4. The van der Waals surface area contributed by atoms with Gasteiger partial charge in [-0.15, -0.1) is 0 Å². The Hall–Kier alpha value is -1.99. The highest BCUT2D eigenvalue weighted by molar-refractivity contribution is 8.18. The Kier molecular flexibility index (Phi) is 6.39. The number of hydrogen-bond acceptors (Lipinski definition) is 5. The van der Waals surface area contributed by atoms with Crippen molar-refractivity contribution in [1.82, 2.24) is 9.80 Å². The maximum atomic E-state index is 12.8. The first-order valence-corrected chi connectivity index (χ1v) is 11.2. The molecular formula is C22H21Cl2N3O2S. The van der Waals surface area contributed by atoms with Gasteiger partial charge in [0.05, 0.1) is 11.6 Å². The number of anilines is 1. The van der Waals surface area contributed by atoms with Crippen molar-refractivity contribution in [2.45, 2.75) is 6.92 Å². The van der Waals surface area contributed by atoms with E-state index in [9.17, 15) is 9.59 Å². The highest BCUT2D eigenvalue weighted by Gasteiger charge is 2.36. The lowest BCUT2D eigenvalue weighted by Crippen LogP contribution is -2.50. The molecule has 2 fully saturated rings. The van der Waals surface area contributed by atoms with E-state index in [2.05, 4.69) is 15.9 Å². The molecule has 0 N–H and O–H groups in total. The molecular weight excluding hydrogens is 441 g/mol. The number of amides is 2. The quantitative estimate of drug-likeness (QED) is 0.591. The van der Waals surface area contributed by atoms with Crippen LogP contribution < -0.4 is 4.90 Å². The summed E-state index contributed by atoms with van der Waals surface area (Å²) in [5.41, 5.74) is 2.89. The average Bonchev–Trinajstić information content (AvgIpc) is 3.00. The lowest BCUT2D eigenvalue weighted by atomic mass is 10.2. The lowest BCUT2D eigenvalue weighted by Gasteiger charge is -2.37. The number of carbonyl (C=O) groups is 2. The second-order valence-corrected chi connectivity index (χ2v) is 9.12. The van der Waals surface area contributed by atoms with Crippen molar-refractivity contribution < 1.29 is 9.59 Å². The minimum Gasteiger partial charge on any atom is -0.369 e. The third kappa shape index (κ3) is 4.52. The van der Waals surface area contributed by atoms with Gasteiger partial charge in [-0.2, -0.15) is 0 Å². The minimum atomic E-state index is -0.266. The van der Waals surface area contributed by atoms with Gasteiger partial charge in [0.25, 0.3) is 11.1 Å². The highest BCUT2D eigenvalue weighted by Crippen LogP contribution is 2.33. The van der Waals surface area contributed by atoms with E-state index in [0.717, 1.165) is 59.8 Å². The van der Waals surface area contributed by atoms with E-state index in [1.807, 2.05) is 37.3 Å². The fraction of sp³-hybridized carbons (Fsp3) is 0.273. The number of nitrogens with zero attached hydrogens (tertiary/aromatic N) is 3. The molecule has 30 heavy (non-hydrogen) atoms.